The number of hydrogen-bond acceptors (Lipinski definition) is 4. The van der Waals surface area contributed by atoms with Gasteiger partial charge in [-0.2, -0.15) is 0 Å². The fraction of sp³-hybridized carbons (Fsp3) is 0.480. The molecular formula is C25H34N3O3+. The largest absolute Gasteiger partial charge is 0.493 e. The lowest BCUT2D eigenvalue weighted by Gasteiger charge is -2.38. The lowest BCUT2D eigenvalue weighted by atomic mass is 9.94. The molecule has 0 aliphatic carbocycles. The van der Waals surface area contributed by atoms with Crippen LogP contribution in [0.2, 0.25) is 0 Å². The summed E-state index contributed by atoms with van der Waals surface area (Å²) in [6.07, 6.45) is 1.92. The fourth-order valence-electron chi connectivity index (χ4n) is 4.89. The molecule has 2 heterocycles. The summed E-state index contributed by atoms with van der Waals surface area (Å²) < 4.78 is 11.0. The van der Waals surface area contributed by atoms with Crippen LogP contribution in [0.1, 0.15) is 18.4 Å². The highest BCUT2D eigenvalue weighted by molar-refractivity contribution is 5.79. The number of para-hydroxylation sites is 2. The number of benzene rings is 2. The molecule has 2 fully saturated rings. The summed E-state index contributed by atoms with van der Waals surface area (Å²) in [5.41, 5.74) is 2.41. The molecule has 2 saturated heterocycles. The zero-order valence-corrected chi connectivity index (χ0v) is 18.7. The SMILES string of the molecule is COc1cccc(C[NH+]2CCC(C(=O)N3CCN(c4ccccc4)CC3)CC2)c1OC. The molecule has 0 bridgehead atoms. The van der Waals surface area contributed by atoms with Crippen LogP contribution in [0.4, 0.5) is 5.69 Å². The number of carbonyl (C=O) groups excluding carboxylic acids is 1. The van der Waals surface area contributed by atoms with Crippen molar-refractivity contribution < 1.29 is 19.2 Å². The first-order chi connectivity index (χ1) is 15.2. The highest BCUT2D eigenvalue weighted by Gasteiger charge is 2.32. The number of carbonyl (C=O) groups is 1. The number of ether oxygens (including phenoxy) is 2. The van der Waals surface area contributed by atoms with Crippen molar-refractivity contribution in [1.29, 1.82) is 0 Å². The summed E-state index contributed by atoms with van der Waals surface area (Å²) in [5, 5.41) is 0. The topological polar surface area (TPSA) is 46.5 Å². The number of methoxy groups -OCH3 is 2. The molecule has 166 valence electrons. The normalized spacial score (nSPS) is 21.6. The monoisotopic (exact) mass is 424 g/mol. The summed E-state index contributed by atoms with van der Waals surface area (Å²) in [6.45, 7) is 6.40. The molecule has 1 amide bonds. The van der Waals surface area contributed by atoms with Gasteiger partial charge in [0, 0.05) is 50.6 Å². The maximum atomic E-state index is 13.1. The van der Waals surface area contributed by atoms with Crippen molar-refractivity contribution in [3.63, 3.8) is 0 Å². The molecule has 0 saturated carbocycles. The first-order valence-electron chi connectivity index (χ1n) is 11.3. The molecule has 0 unspecified atom stereocenters. The summed E-state index contributed by atoms with van der Waals surface area (Å²) in [5.74, 6) is 2.12. The van der Waals surface area contributed by atoms with Crippen molar-refractivity contribution in [2.45, 2.75) is 19.4 Å². The molecule has 2 aromatic carbocycles. The van der Waals surface area contributed by atoms with Crippen LogP contribution in [-0.4, -0.2) is 64.3 Å². The van der Waals surface area contributed by atoms with Crippen LogP contribution in [0.5, 0.6) is 11.5 Å². The van der Waals surface area contributed by atoms with E-state index < -0.39 is 0 Å². The van der Waals surface area contributed by atoms with E-state index in [0.717, 1.165) is 70.2 Å². The average molecular weight is 425 g/mol. The van der Waals surface area contributed by atoms with E-state index in [0.29, 0.717) is 5.91 Å². The molecule has 6 nitrogen and oxygen atoms in total. The minimum absolute atomic E-state index is 0.166. The first-order valence-corrected chi connectivity index (χ1v) is 11.3. The van der Waals surface area contributed by atoms with Gasteiger partial charge < -0.3 is 24.2 Å². The van der Waals surface area contributed by atoms with Crippen LogP contribution < -0.4 is 19.3 Å². The third kappa shape index (κ3) is 4.96. The Morgan fingerprint density at radius 2 is 1.65 bits per heavy atom. The van der Waals surface area contributed by atoms with Gasteiger partial charge in [0.15, 0.2) is 11.5 Å². The number of piperidine rings is 1. The van der Waals surface area contributed by atoms with E-state index in [2.05, 4.69) is 40.1 Å². The van der Waals surface area contributed by atoms with Crippen molar-refractivity contribution >= 4 is 11.6 Å². The number of hydrogen-bond donors (Lipinski definition) is 1. The molecular weight excluding hydrogens is 390 g/mol. The van der Waals surface area contributed by atoms with Gasteiger partial charge in [0.25, 0.3) is 0 Å². The standard InChI is InChI=1S/C25H33N3O3/c1-30-23-10-6-7-21(24(23)31-2)19-26-13-11-20(12-14-26)25(29)28-17-15-27(16-18-28)22-8-4-3-5-9-22/h3-10,20H,11-19H2,1-2H3/p+1. The van der Waals surface area contributed by atoms with E-state index in [1.165, 1.54) is 16.2 Å². The second-order valence-corrected chi connectivity index (χ2v) is 8.50. The molecule has 2 aliphatic heterocycles. The Kier molecular flexibility index (Phi) is 6.97. The molecule has 0 aromatic heterocycles. The molecule has 31 heavy (non-hydrogen) atoms. The lowest BCUT2D eigenvalue weighted by molar-refractivity contribution is -0.919. The Hall–Kier alpha value is -2.73. The van der Waals surface area contributed by atoms with Gasteiger partial charge in [-0.1, -0.05) is 24.3 Å². The second kappa shape index (κ2) is 10.1. The van der Waals surface area contributed by atoms with Gasteiger partial charge in [0.1, 0.15) is 6.54 Å². The molecule has 2 aromatic rings. The highest BCUT2D eigenvalue weighted by atomic mass is 16.5. The number of anilines is 1. The molecule has 0 atom stereocenters. The minimum atomic E-state index is 0.166. The molecule has 4 rings (SSSR count). The average Bonchev–Trinajstić information content (AvgIpc) is 2.84. The number of piperazine rings is 1. The summed E-state index contributed by atoms with van der Waals surface area (Å²) in [6, 6.07) is 16.5. The molecule has 0 spiro atoms. The van der Waals surface area contributed by atoms with E-state index in [1.807, 2.05) is 18.2 Å². The number of nitrogens with one attached hydrogen (secondary N) is 1. The van der Waals surface area contributed by atoms with Crippen LogP contribution in [0, 0.1) is 5.92 Å². The first kappa shape index (κ1) is 21.5. The summed E-state index contributed by atoms with van der Waals surface area (Å²) in [4.78, 5) is 19.1. The third-order valence-corrected chi connectivity index (χ3v) is 6.68. The van der Waals surface area contributed by atoms with Crippen molar-refractivity contribution in [2.24, 2.45) is 5.92 Å². The van der Waals surface area contributed by atoms with E-state index in [9.17, 15) is 4.79 Å². The van der Waals surface area contributed by atoms with Gasteiger partial charge in [-0.05, 0) is 24.3 Å². The highest BCUT2D eigenvalue weighted by Crippen LogP contribution is 2.30. The Bertz CT molecular complexity index is 858. The van der Waals surface area contributed by atoms with Crippen LogP contribution in [-0.2, 0) is 11.3 Å². The number of rotatable bonds is 6. The van der Waals surface area contributed by atoms with E-state index in [-0.39, 0.29) is 5.92 Å². The van der Waals surface area contributed by atoms with Crippen molar-refractivity contribution in [3.8, 4) is 11.5 Å². The lowest BCUT2D eigenvalue weighted by Crippen LogP contribution is -3.11. The van der Waals surface area contributed by atoms with E-state index in [1.54, 1.807) is 14.2 Å². The van der Waals surface area contributed by atoms with Crippen molar-refractivity contribution in [2.75, 3.05) is 58.4 Å². The number of amides is 1. The predicted molar refractivity (Wildman–Crippen MR) is 122 cm³/mol. The maximum absolute atomic E-state index is 13.1. The van der Waals surface area contributed by atoms with Crippen LogP contribution >= 0.6 is 0 Å². The van der Waals surface area contributed by atoms with E-state index in [4.69, 9.17) is 9.47 Å². The van der Waals surface area contributed by atoms with Gasteiger partial charge in [-0.3, -0.25) is 4.79 Å². The quantitative estimate of drug-likeness (QED) is 0.769. The smallest absolute Gasteiger partial charge is 0.226 e. The Morgan fingerprint density at radius 3 is 2.29 bits per heavy atom. The molecule has 6 heteroatoms. The van der Waals surface area contributed by atoms with Crippen LogP contribution in [0.15, 0.2) is 48.5 Å². The van der Waals surface area contributed by atoms with Gasteiger partial charge in [0.05, 0.1) is 32.9 Å². The molecule has 2 aliphatic rings. The minimum Gasteiger partial charge on any atom is -0.493 e. The number of likely N-dealkylation sites (tertiary alicyclic amines) is 1. The zero-order chi connectivity index (χ0) is 21.6. The van der Waals surface area contributed by atoms with Crippen LogP contribution in [0.3, 0.4) is 0 Å². The summed E-state index contributed by atoms with van der Waals surface area (Å²) in [7, 11) is 3.37. The van der Waals surface area contributed by atoms with E-state index >= 15 is 0 Å². The van der Waals surface area contributed by atoms with Crippen LogP contribution in [0.25, 0.3) is 0 Å². The number of nitrogens with zero attached hydrogens (tertiary/aromatic N) is 2. The zero-order valence-electron chi connectivity index (χ0n) is 18.7. The summed E-state index contributed by atoms with van der Waals surface area (Å²) >= 11 is 0. The molecule has 0 radical (unpaired) electrons. The fourth-order valence-corrected chi connectivity index (χ4v) is 4.89. The van der Waals surface area contributed by atoms with Gasteiger partial charge >= 0.3 is 0 Å². The Balaban J connectivity index is 1.27. The van der Waals surface area contributed by atoms with Gasteiger partial charge in [-0.25, -0.2) is 0 Å². The Morgan fingerprint density at radius 1 is 0.935 bits per heavy atom. The third-order valence-electron chi connectivity index (χ3n) is 6.68. The second-order valence-electron chi connectivity index (χ2n) is 8.50. The van der Waals surface area contributed by atoms with Gasteiger partial charge in [0.2, 0.25) is 5.91 Å². The number of quaternary nitrogens is 1. The van der Waals surface area contributed by atoms with Crippen molar-refractivity contribution in [1.82, 2.24) is 4.90 Å². The Labute approximate surface area is 185 Å². The maximum Gasteiger partial charge on any atom is 0.226 e. The predicted octanol–water partition coefficient (Wildman–Crippen LogP) is 1.85. The van der Waals surface area contributed by atoms with Gasteiger partial charge in [-0.15, -0.1) is 0 Å². The van der Waals surface area contributed by atoms with Crippen molar-refractivity contribution in [3.05, 3.63) is 54.1 Å². The molecule has 1 N–H and O–H groups in total.